The molecular weight excluding hydrogens is 202 g/mol. The van der Waals surface area contributed by atoms with Crippen LogP contribution in [0.1, 0.15) is 45.1 Å². The Balaban J connectivity index is 2.01. The fourth-order valence-corrected chi connectivity index (χ4v) is 2.00. The number of hydrogen-bond donors (Lipinski definition) is 2. The number of ether oxygens (including phenoxy) is 1. The summed E-state index contributed by atoms with van der Waals surface area (Å²) in [6, 6.07) is 0.491. The second-order valence-corrected chi connectivity index (χ2v) is 4.98. The number of aromatic nitrogens is 2. The zero-order valence-corrected chi connectivity index (χ0v) is 10.3. The van der Waals surface area contributed by atoms with Crippen LogP contribution in [-0.4, -0.2) is 22.6 Å². The van der Waals surface area contributed by atoms with Gasteiger partial charge in [-0.3, -0.25) is 0 Å². The molecule has 0 radical (unpaired) electrons. The highest BCUT2D eigenvalue weighted by atomic mass is 16.5. The number of nitrogens with zero attached hydrogens (tertiary/aromatic N) is 1. The fourth-order valence-electron chi connectivity index (χ4n) is 2.00. The van der Waals surface area contributed by atoms with Crippen LogP contribution >= 0.6 is 0 Å². The van der Waals surface area contributed by atoms with Gasteiger partial charge in [-0.15, -0.1) is 0 Å². The van der Waals surface area contributed by atoms with Gasteiger partial charge in [0.25, 0.3) is 0 Å². The van der Waals surface area contributed by atoms with Gasteiger partial charge in [-0.1, -0.05) is 13.8 Å². The van der Waals surface area contributed by atoms with Crippen LogP contribution in [0, 0.1) is 0 Å². The van der Waals surface area contributed by atoms with Gasteiger partial charge in [0.2, 0.25) is 0 Å². The van der Waals surface area contributed by atoms with Gasteiger partial charge in [-0.25, -0.2) is 4.98 Å². The predicted molar refractivity (Wildman–Crippen MR) is 63.1 cm³/mol. The van der Waals surface area contributed by atoms with Gasteiger partial charge in [0.05, 0.1) is 0 Å². The standard InChI is InChI=1S/C12H21N3O/c1-9(2)13-7-10-8-14-11(15-10)12(3)5-4-6-16-12/h8-9,13H,4-7H2,1-3H3,(H,14,15). The van der Waals surface area contributed by atoms with Crippen molar-refractivity contribution in [2.24, 2.45) is 0 Å². The molecule has 0 aromatic carbocycles. The van der Waals surface area contributed by atoms with Crippen LogP contribution in [0.15, 0.2) is 6.20 Å². The van der Waals surface area contributed by atoms with Crippen molar-refractivity contribution in [2.75, 3.05) is 6.61 Å². The molecule has 0 amide bonds. The van der Waals surface area contributed by atoms with Crippen LogP contribution in [0.4, 0.5) is 0 Å². The Labute approximate surface area is 96.8 Å². The molecule has 1 aliphatic rings. The van der Waals surface area contributed by atoms with Gasteiger partial charge in [0.1, 0.15) is 11.4 Å². The van der Waals surface area contributed by atoms with Gasteiger partial charge in [0, 0.05) is 31.1 Å². The first kappa shape index (κ1) is 11.6. The average Bonchev–Trinajstić information content (AvgIpc) is 2.84. The summed E-state index contributed by atoms with van der Waals surface area (Å²) in [4.78, 5) is 7.78. The molecule has 1 aliphatic heterocycles. The molecule has 1 atom stereocenters. The number of nitrogens with one attached hydrogen (secondary N) is 2. The topological polar surface area (TPSA) is 49.9 Å². The molecule has 1 fully saturated rings. The Kier molecular flexibility index (Phi) is 3.30. The zero-order valence-electron chi connectivity index (χ0n) is 10.3. The van der Waals surface area contributed by atoms with Crippen LogP contribution in [0.5, 0.6) is 0 Å². The highest BCUT2D eigenvalue weighted by Gasteiger charge is 2.34. The van der Waals surface area contributed by atoms with E-state index in [1.165, 1.54) is 0 Å². The summed E-state index contributed by atoms with van der Waals surface area (Å²) in [5.74, 6) is 0.963. The summed E-state index contributed by atoms with van der Waals surface area (Å²) in [7, 11) is 0. The lowest BCUT2D eigenvalue weighted by molar-refractivity contribution is 0.00994. The van der Waals surface area contributed by atoms with Gasteiger partial charge < -0.3 is 15.0 Å². The molecule has 16 heavy (non-hydrogen) atoms. The van der Waals surface area contributed by atoms with Gasteiger partial charge in [-0.05, 0) is 19.8 Å². The lowest BCUT2D eigenvalue weighted by atomic mass is 10.0. The smallest absolute Gasteiger partial charge is 0.138 e. The van der Waals surface area contributed by atoms with E-state index in [1.54, 1.807) is 0 Å². The highest BCUT2D eigenvalue weighted by molar-refractivity contribution is 5.09. The first-order valence-corrected chi connectivity index (χ1v) is 6.02. The number of rotatable bonds is 4. The minimum absolute atomic E-state index is 0.198. The molecule has 2 heterocycles. The summed E-state index contributed by atoms with van der Waals surface area (Å²) in [5.41, 5.74) is 0.927. The summed E-state index contributed by atoms with van der Waals surface area (Å²) >= 11 is 0. The minimum atomic E-state index is -0.198. The van der Waals surface area contributed by atoms with Crippen molar-refractivity contribution in [1.29, 1.82) is 0 Å². The molecule has 1 saturated heterocycles. The van der Waals surface area contributed by atoms with E-state index in [1.807, 2.05) is 6.20 Å². The molecule has 0 spiro atoms. The fraction of sp³-hybridized carbons (Fsp3) is 0.750. The zero-order chi connectivity index (χ0) is 11.6. The average molecular weight is 223 g/mol. The summed E-state index contributed by atoms with van der Waals surface area (Å²) in [5, 5.41) is 3.37. The van der Waals surface area contributed by atoms with Crippen LogP contribution in [0.2, 0.25) is 0 Å². The van der Waals surface area contributed by atoms with Crippen molar-refractivity contribution >= 4 is 0 Å². The highest BCUT2D eigenvalue weighted by Crippen LogP contribution is 2.33. The number of H-pyrrole nitrogens is 1. The Morgan fingerprint density at radius 2 is 2.44 bits per heavy atom. The van der Waals surface area contributed by atoms with E-state index >= 15 is 0 Å². The van der Waals surface area contributed by atoms with Crippen molar-refractivity contribution in [2.45, 2.75) is 51.8 Å². The van der Waals surface area contributed by atoms with Crippen LogP contribution in [-0.2, 0) is 16.9 Å². The maximum atomic E-state index is 5.75. The van der Waals surface area contributed by atoms with Crippen molar-refractivity contribution in [3.8, 4) is 0 Å². The second-order valence-electron chi connectivity index (χ2n) is 4.98. The lowest BCUT2D eigenvalue weighted by Crippen LogP contribution is -2.23. The lowest BCUT2D eigenvalue weighted by Gasteiger charge is -2.20. The molecular formula is C12H21N3O. The molecule has 2 N–H and O–H groups in total. The molecule has 2 rings (SSSR count). The van der Waals surface area contributed by atoms with Crippen molar-refractivity contribution < 1.29 is 4.74 Å². The van der Waals surface area contributed by atoms with E-state index in [4.69, 9.17) is 4.74 Å². The van der Waals surface area contributed by atoms with Gasteiger partial charge >= 0.3 is 0 Å². The third-order valence-corrected chi connectivity index (χ3v) is 3.05. The summed E-state index contributed by atoms with van der Waals surface area (Å²) in [6.07, 6.45) is 4.08. The second kappa shape index (κ2) is 4.55. The number of hydrogen-bond acceptors (Lipinski definition) is 3. The van der Waals surface area contributed by atoms with E-state index in [2.05, 4.69) is 36.1 Å². The van der Waals surface area contributed by atoms with Gasteiger partial charge in [-0.2, -0.15) is 0 Å². The van der Waals surface area contributed by atoms with Crippen molar-refractivity contribution in [3.63, 3.8) is 0 Å². The summed E-state index contributed by atoms with van der Waals surface area (Å²) < 4.78 is 5.75. The first-order chi connectivity index (χ1) is 7.60. The molecule has 1 aromatic heterocycles. The molecule has 1 unspecified atom stereocenters. The van der Waals surface area contributed by atoms with Gasteiger partial charge in [0.15, 0.2) is 0 Å². The molecule has 4 heteroatoms. The molecule has 4 nitrogen and oxygen atoms in total. The number of aromatic amines is 1. The van der Waals surface area contributed by atoms with E-state index in [9.17, 15) is 0 Å². The van der Waals surface area contributed by atoms with Crippen molar-refractivity contribution in [3.05, 3.63) is 17.7 Å². The van der Waals surface area contributed by atoms with Crippen LogP contribution < -0.4 is 5.32 Å². The molecule has 0 bridgehead atoms. The molecule has 90 valence electrons. The third-order valence-electron chi connectivity index (χ3n) is 3.05. The Morgan fingerprint density at radius 3 is 3.06 bits per heavy atom. The quantitative estimate of drug-likeness (QED) is 0.820. The van der Waals surface area contributed by atoms with Crippen molar-refractivity contribution in [1.82, 2.24) is 15.3 Å². The first-order valence-electron chi connectivity index (χ1n) is 6.02. The maximum absolute atomic E-state index is 5.75. The van der Waals surface area contributed by atoms with Crippen LogP contribution in [0.25, 0.3) is 0 Å². The Bertz CT molecular complexity index is 340. The van der Waals surface area contributed by atoms with E-state index < -0.39 is 0 Å². The Hall–Kier alpha value is -0.870. The molecule has 0 aliphatic carbocycles. The molecule has 0 saturated carbocycles. The largest absolute Gasteiger partial charge is 0.367 e. The monoisotopic (exact) mass is 223 g/mol. The normalized spacial score (nSPS) is 25.5. The van der Waals surface area contributed by atoms with Crippen LogP contribution in [0.3, 0.4) is 0 Å². The summed E-state index contributed by atoms with van der Waals surface area (Å²) in [6.45, 7) is 8.06. The maximum Gasteiger partial charge on any atom is 0.138 e. The predicted octanol–water partition coefficient (Wildman–Crippen LogP) is 1.93. The van der Waals surface area contributed by atoms with E-state index in [0.717, 1.165) is 37.5 Å². The SMILES string of the molecule is CC(C)NCc1cnc(C2(C)CCCO2)[nH]1. The minimum Gasteiger partial charge on any atom is -0.367 e. The Morgan fingerprint density at radius 1 is 1.62 bits per heavy atom. The number of imidazole rings is 1. The molecule has 1 aromatic rings. The van der Waals surface area contributed by atoms with E-state index in [0.29, 0.717) is 6.04 Å². The third kappa shape index (κ3) is 2.44. The van der Waals surface area contributed by atoms with E-state index in [-0.39, 0.29) is 5.60 Å².